The van der Waals surface area contributed by atoms with Gasteiger partial charge in [-0.25, -0.2) is 4.31 Å². The summed E-state index contributed by atoms with van der Waals surface area (Å²) in [5.74, 6) is 0.782. The Morgan fingerprint density at radius 3 is 2.69 bits per heavy atom. The van der Waals surface area contributed by atoms with Crippen LogP contribution in [0, 0.1) is 0 Å². The topological polar surface area (TPSA) is 67.9 Å². The van der Waals surface area contributed by atoms with Crippen molar-refractivity contribution < 1.29 is 19.1 Å². The Labute approximate surface area is 166 Å². The first-order valence-electron chi connectivity index (χ1n) is 9.23. The van der Waals surface area contributed by atoms with Crippen LogP contribution >= 0.6 is 24.6 Å². The van der Waals surface area contributed by atoms with Gasteiger partial charge in [0.15, 0.2) is 0 Å². The maximum Gasteiger partial charge on any atom is 0.307 e. The number of carbonyl (C=O) groups is 2. The number of hydrogen-bond acceptors (Lipinski definition) is 8. The molecule has 2 atom stereocenters. The van der Waals surface area contributed by atoms with Crippen molar-refractivity contribution in [2.45, 2.75) is 50.2 Å². The minimum absolute atomic E-state index is 0.183. The van der Waals surface area contributed by atoms with Crippen molar-refractivity contribution in [3.8, 4) is 0 Å². The van der Waals surface area contributed by atoms with E-state index < -0.39 is 11.2 Å². The van der Waals surface area contributed by atoms with Crippen LogP contribution in [0.3, 0.4) is 0 Å². The van der Waals surface area contributed by atoms with Gasteiger partial charge in [0.1, 0.15) is 11.2 Å². The van der Waals surface area contributed by atoms with E-state index in [4.69, 9.17) is 9.47 Å². The van der Waals surface area contributed by atoms with E-state index in [1.165, 1.54) is 0 Å². The molecule has 0 aromatic heterocycles. The van der Waals surface area contributed by atoms with Crippen LogP contribution in [0.25, 0.3) is 0 Å². The van der Waals surface area contributed by atoms with E-state index in [-0.39, 0.29) is 11.9 Å². The minimum atomic E-state index is -0.548. The molecule has 0 bridgehead atoms. The summed E-state index contributed by atoms with van der Waals surface area (Å²) in [5.41, 5.74) is -0.954. The second kappa shape index (κ2) is 10.0. The Balaban J connectivity index is 1.72. The van der Waals surface area contributed by atoms with E-state index in [2.05, 4.69) is 28.8 Å². The molecule has 2 unspecified atom stereocenters. The van der Waals surface area contributed by atoms with Gasteiger partial charge in [-0.2, -0.15) is 12.6 Å². The van der Waals surface area contributed by atoms with Crippen molar-refractivity contribution >= 4 is 36.5 Å². The average molecular weight is 403 g/mol. The van der Waals surface area contributed by atoms with Crippen LogP contribution in [0.5, 0.6) is 0 Å². The SMILES string of the molecule is C=CC1(OC(=O)CCSN2CCC(CC)(OC(=O)CCS)C2)CCNC1. The molecule has 0 radical (unpaired) electrons. The fraction of sp³-hybridized carbons (Fsp3) is 0.778. The first kappa shape index (κ1) is 21.6. The molecule has 148 valence electrons. The summed E-state index contributed by atoms with van der Waals surface area (Å²) < 4.78 is 13.5. The van der Waals surface area contributed by atoms with Crippen LogP contribution in [-0.4, -0.2) is 65.1 Å². The summed E-state index contributed by atoms with van der Waals surface area (Å²) in [6.45, 7) is 8.87. The first-order valence-corrected chi connectivity index (χ1v) is 10.8. The maximum atomic E-state index is 12.1. The van der Waals surface area contributed by atoms with Crippen molar-refractivity contribution in [1.82, 2.24) is 9.62 Å². The lowest BCUT2D eigenvalue weighted by Gasteiger charge is -2.28. The van der Waals surface area contributed by atoms with Gasteiger partial charge in [0.2, 0.25) is 0 Å². The monoisotopic (exact) mass is 402 g/mol. The molecule has 2 aliphatic rings. The number of carbonyl (C=O) groups excluding carboxylic acids is 2. The molecule has 0 spiro atoms. The zero-order valence-electron chi connectivity index (χ0n) is 15.5. The van der Waals surface area contributed by atoms with Crippen LogP contribution in [0.4, 0.5) is 0 Å². The van der Waals surface area contributed by atoms with Gasteiger partial charge < -0.3 is 14.8 Å². The second-order valence-corrected chi connectivity index (χ2v) is 8.48. The predicted octanol–water partition coefficient (Wildman–Crippen LogP) is 2.20. The van der Waals surface area contributed by atoms with Gasteiger partial charge in [-0.15, -0.1) is 0 Å². The third-order valence-corrected chi connectivity index (χ3v) is 6.28. The summed E-state index contributed by atoms with van der Waals surface area (Å²) in [5, 5.41) is 3.20. The number of nitrogens with one attached hydrogen (secondary N) is 1. The Morgan fingerprint density at radius 2 is 2.08 bits per heavy atom. The Hall–Kier alpha value is -0.700. The Kier molecular flexibility index (Phi) is 8.32. The van der Waals surface area contributed by atoms with Gasteiger partial charge in [-0.05, 0) is 19.0 Å². The van der Waals surface area contributed by atoms with Gasteiger partial charge in [-0.3, -0.25) is 9.59 Å². The van der Waals surface area contributed by atoms with E-state index in [0.29, 0.717) is 37.4 Å². The maximum absolute atomic E-state index is 12.1. The van der Waals surface area contributed by atoms with Crippen LogP contribution < -0.4 is 5.32 Å². The van der Waals surface area contributed by atoms with Crippen molar-refractivity contribution in [1.29, 1.82) is 0 Å². The molecule has 0 amide bonds. The van der Waals surface area contributed by atoms with Crippen molar-refractivity contribution in [3.63, 3.8) is 0 Å². The highest BCUT2D eigenvalue weighted by Gasteiger charge is 2.40. The Morgan fingerprint density at radius 1 is 1.31 bits per heavy atom. The molecule has 0 aliphatic carbocycles. The number of thiol groups is 1. The fourth-order valence-corrected chi connectivity index (χ4v) is 4.52. The van der Waals surface area contributed by atoms with E-state index in [9.17, 15) is 9.59 Å². The summed E-state index contributed by atoms with van der Waals surface area (Å²) in [6.07, 6.45) is 4.81. The number of ether oxygens (including phenoxy) is 2. The molecule has 0 aromatic rings. The van der Waals surface area contributed by atoms with Gasteiger partial charge in [0.25, 0.3) is 0 Å². The molecule has 2 heterocycles. The minimum Gasteiger partial charge on any atom is -0.458 e. The molecule has 8 heteroatoms. The van der Waals surface area contributed by atoms with E-state index >= 15 is 0 Å². The number of rotatable bonds is 10. The Bertz CT molecular complexity index is 511. The molecule has 2 rings (SSSR count). The van der Waals surface area contributed by atoms with E-state index in [0.717, 1.165) is 32.4 Å². The fourth-order valence-electron chi connectivity index (χ4n) is 3.27. The smallest absolute Gasteiger partial charge is 0.307 e. The summed E-state index contributed by atoms with van der Waals surface area (Å²) >= 11 is 5.70. The lowest BCUT2D eigenvalue weighted by molar-refractivity contribution is -0.158. The van der Waals surface area contributed by atoms with Crippen LogP contribution in [0.2, 0.25) is 0 Å². The van der Waals surface area contributed by atoms with Crippen molar-refractivity contribution in [2.24, 2.45) is 0 Å². The van der Waals surface area contributed by atoms with Gasteiger partial charge in [0.05, 0.1) is 12.8 Å². The van der Waals surface area contributed by atoms with E-state index in [1.54, 1.807) is 18.0 Å². The molecular weight excluding hydrogens is 372 g/mol. The lowest BCUT2D eigenvalue weighted by Crippen LogP contribution is -2.37. The normalized spacial score (nSPS) is 28.8. The zero-order valence-corrected chi connectivity index (χ0v) is 17.2. The molecule has 1 N–H and O–H groups in total. The first-order chi connectivity index (χ1) is 12.5. The van der Waals surface area contributed by atoms with Crippen LogP contribution in [0.15, 0.2) is 12.7 Å². The summed E-state index contributed by atoms with van der Waals surface area (Å²) in [6, 6.07) is 0. The molecule has 6 nitrogen and oxygen atoms in total. The average Bonchev–Trinajstić information content (AvgIpc) is 3.23. The largest absolute Gasteiger partial charge is 0.458 e. The van der Waals surface area contributed by atoms with Crippen LogP contribution in [-0.2, 0) is 19.1 Å². The third-order valence-electron chi connectivity index (χ3n) is 4.99. The molecule has 0 saturated carbocycles. The standard InChI is InChI=1S/C18H30N2O4S2/c1-3-17(7-9-19-13-17)23-16(22)6-12-26-20-10-8-18(4-2,14-20)24-15(21)5-11-25/h3,19,25H,1,4-14H2,2H3. The zero-order chi connectivity index (χ0) is 19.0. The van der Waals surface area contributed by atoms with Gasteiger partial charge >= 0.3 is 11.9 Å². The molecule has 26 heavy (non-hydrogen) atoms. The predicted molar refractivity (Wildman–Crippen MR) is 107 cm³/mol. The number of hydrogen-bond donors (Lipinski definition) is 2. The summed E-state index contributed by atoms with van der Waals surface area (Å²) in [4.78, 5) is 24.0. The highest BCUT2D eigenvalue weighted by Crippen LogP contribution is 2.33. The third kappa shape index (κ3) is 5.90. The highest BCUT2D eigenvalue weighted by molar-refractivity contribution is 7.97. The van der Waals surface area contributed by atoms with Crippen molar-refractivity contribution in [3.05, 3.63) is 12.7 Å². The highest BCUT2D eigenvalue weighted by atomic mass is 32.2. The quantitative estimate of drug-likeness (QED) is 0.251. The number of nitrogens with zero attached hydrogens (tertiary/aromatic N) is 1. The van der Waals surface area contributed by atoms with Gasteiger partial charge in [0, 0.05) is 44.0 Å². The second-order valence-electron chi connectivity index (χ2n) is 6.85. The van der Waals surface area contributed by atoms with Crippen molar-refractivity contribution in [2.75, 3.05) is 37.7 Å². The van der Waals surface area contributed by atoms with Crippen LogP contribution in [0.1, 0.15) is 39.0 Å². The molecule has 2 fully saturated rings. The molecule has 2 saturated heterocycles. The molecule has 2 aliphatic heterocycles. The molecular formula is C18H30N2O4S2. The molecule has 0 aromatic carbocycles. The summed E-state index contributed by atoms with van der Waals surface area (Å²) in [7, 11) is 0. The number of esters is 2. The van der Waals surface area contributed by atoms with Gasteiger partial charge in [-0.1, -0.05) is 25.5 Å². The van der Waals surface area contributed by atoms with E-state index in [1.807, 2.05) is 6.92 Å². The lowest BCUT2D eigenvalue weighted by atomic mass is 10.00.